The second-order valence-corrected chi connectivity index (χ2v) is 4.11. The number of benzene rings is 1. The number of carbonyl (C=O) groups excluding carboxylic acids is 1. The molecule has 0 radical (unpaired) electrons. The van der Waals surface area contributed by atoms with E-state index in [0.717, 1.165) is 0 Å². The molecule has 1 amide bonds. The minimum absolute atomic E-state index is 0.0157. The highest BCUT2D eigenvalue weighted by atomic mass is 16.5. The summed E-state index contributed by atoms with van der Waals surface area (Å²) in [6.07, 6.45) is 0.494. The van der Waals surface area contributed by atoms with E-state index < -0.39 is 0 Å². The third kappa shape index (κ3) is 3.46. The second kappa shape index (κ2) is 5.39. The highest BCUT2D eigenvalue weighted by molar-refractivity contribution is 5.92. The van der Waals surface area contributed by atoms with E-state index in [-0.39, 0.29) is 5.91 Å². The maximum absolute atomic E-state index is 11.6. The molecule has 0 atom stereocenters. The van der Waals surface area contributed by atoms with Crippen molar-refractivity contribution in [3.05, 3.63) is 18.2 Å². The van der Waals surface area contributed by atoms with E-state index in [1.807, 2.05) is 13.8 Å². The fraction of sp³-hybridized carbons (Fsp3) is 0.417. The van der Waals surface area contributed by atoms with Crippen LogP contribution in [0.5, 0.6) is 5.75 Å². The van der Waals surface area contributed by atoms with Crippen molar-refractivity contribution in [3.8, 4) is 5.75 Å². The van der Waals surface area contributed by atoms with Crippen LogP contribution in [-0.2, 0) is 4.79 Å². The number of hydrogen-bond donors (Lipinski definition) is 2. The zero-order valence-electron chi connectivity index (χ0n) is 9.91. The zero-order chi connectivity index (χ0) is 12.1. The molecule has 1 aromatic carbocycles. The van der Waals surface area contributed by atoms with Crippen molar-refractivity contribution in [2.24, 2.45) is 5.92 Å². The van der Waals surface area contributed by atoms with Crippen LogP contribution in [0.2, 0.25) is 0 Å². The number of rotatable bonds is 4. The van der Waals surface area contributed by atoms with Crippen LogP contribution in [0.25, 0.3) is 0 Å². The number of methoxy groups -OCH3 is 1. The normalized spacial score (nSPS) is 10.2. The van der Waals surface area contributed by atoms with E-state index in [1.54, 1.807) is 25.3 Å². The molecule has 0 aliphatic carbocycles. The smallest absolute Gasteiger partial charge is 0.224 e. The molecule has 0 unspecified atom stereocenters. The summed E-state index contributed by atoms with van der Waals surface area (Å²) < 4.78 is 5.14. The van der Waals surface area contributed by atoms with Crippen molar-refractivity contribution in [1.82, 2.24) is 0 Å². The van der Waals surface area contributed by atoms with Crippen LogP contribution >= 0.6 is 0 Å². The van der Waals surface area contributed by atoms with E-state index in [1.165, 1.54) is 0 Å². The molecule has 0 saturated heterocycles. The molecule has 88 valence electrons. The van der Waals surface area contributed by atoms with Crippen LogP contribution in [0, 0.1) is 5.92 Å². The van der Waals surface area contributed by atoms with Gasteiger partial charge in [0.2, 0.25) is 5.91 Å². The first-order chi connectivity index (χ1) is 7.52. The van der Waals surface area contributed by atoms with Crippen LogP contribution < -0.4 is 15.8 Å². The van der Waals surface area contributed by atoms with Crippen LogP contribution in [0.3, 0.4) is 0 Å². The van der Waals surface area contributed by atoms with Crippen molar-refractivity contribution in [2.75, 3.05) is 18.2 Å². The summed E-state index contributed by atoms with van der Waals surface area (Å²) in [6, 6.07) is 5.16. The molecule has 1 rings (SSSR count). The van der Waals surface area contributed by atoms with Gasteiger partial charge in [-0.25, -0.2) is 0 Å². The predicted molar refractivity (Wildman–Crippen MR) is 65.5 cm³/mol. The monoisotopic (exact) mass is 222 g/mol. The number of amides is 1. The lowest BCUT2D eigenvalue weighted by molar-refractivity contribution is -0.116. The standard InChI is InChI=1S/C12H18N2O2/c1-8(2)6-12(15)14-10-5-4-9(13)7-11(10)16-3/h4-5,7-8H,6,13H2,1-3H3,(H,14,15). The molecule has 0 heterocycles. The maximum atomic E-state index is 11.6. The highest BCUT2D eigenvalue weighted by Crippen LogP contribution is 2.26. The van der Waals surface area contributed by atoms with Gasteiger partial charge in [-0.2, -0.15) is 0 Å². The largest absolute Gasteiger partial charge is 0.494 e. The number of ether oxygens (including phenoxy) is 1. The van der Waals surface area contributed by atoms with Crippen molar-refractivity contribution in [3.63, 3.8) is 0 Å². The van der Waals surface area contributed by atoms with Crippen LogP contribution in [0.15, 0.2) is 18.2 Å². The fourth-order valence-corrected chi connectivity index (χ4v) is 1.38. The first-order valence-corrected chi connectivity index (χ1v) is 5.26. The highest BCUT2D eigenvalue weighted by Gasteiger charge is 2.09. The van der Waals surface area contributed by atoms with Gasteiger partial charge in [0.15, 0.2) is 0 Å². The van der Waals surface area contributed by atoms with E-state index in [2.05, 4.69) is 5.32 Å². The van der Waals surface area contributed by atoms with Gasteiger partial charge in [0.1, 0.15) is 5.75 Å². The summed E-state index contributed by atoms with van der Waals surface area (Å²) in [5.41, 5.74) is 6.89. The molecule has 0 bridgehead atoms. The third-order valence-corrected chi connectivity index (χ3v) is 2.09. The second-order valence-electron chi connectivity index (χ2n) is 4.11. The first kappa shape index (κ1) is 12.4. The molecule has 1 aromatic rings. The quantitative estimate of drug-likeness (QED) is 0.768. The third-order valence-electron chi connectivity index (χ3n) is 2.09. The van der Waals surface area contributed by atoms with Gasteiger partial charge in [0, 0.05) is 18.2 Å². The van der Waals surface area contributed by atoms with Crippen LogP contribution in [-0.4, -0.2) is 13.0 Å². The Morgan fingerprint density at radius 2 is 2.19 bits per heavy atom. The Balaban J connectivity index is 2.76. The number of anilines is 2. The van der Waals surface area contributed by atoms with Crippen LogP contribution in [0.4, 0.5) is 11.4 Å². The molecule has 0 spiro atoms. The van der Waals surface area contributed by atoms with Crippen molar-refractivity contribution < 1.29 is 9.53 Å². The Morgan fingerprint density at radius 3 is 2.75 bits per heavy atom. The van der Waals surface area contributed by atoms with Gasteiger partial charge in [-0.1, -0.05) is 13.8 Å². The number of carbonyl (C=O) groups is 1. The van der Waals surface area contributed by atoms with Gasteiger partial charge in [0.25, 0.3) is 0 Å². The van der Waals surface area contributed by atoms with Gasteiger partial charge in [-0.3, -0.25) is 4.79 Å². The summed E-state index contributed by atoms with van der Waals surface area (Å²) in [5, 5.41) is 2.80. The molecule has 0 aromatic heterocycles. The van der Waals surface area contributed by atoms with E-state index in [0.29, 0.717) is 29.5 Å². The molecule has 16 heavy (non-hydrogen) atoms. The number of nitrogens with one attached hydrogen (secondary N) is 1. The summed E-state index contributed by atoms with van der Waals surface area (Å²) in [7, 11) is 1.55. The van der Waals surface area contributed by atoms with Gasteiger partial charge in [0.05, 0.1) is 12.8 Å². The number of hydrogen-bond acceptors (Lipinski definition) is 3. The summed E-state index contributed by atoms with van der Waals surface area (Å²) in [6.45, 7) is 4.00. The summed E-state index contributed by atoms with van der Waals surface area (Å²) in [4.78, 5) is 11.6. The average Bonchev–Trinajstić information content (AvgIpc) is 2.19. The Labute approximate surface area is 95.8 Å². The molecular weight excluding hydrogens is 204 g/mol. The molecule has 4 nitrogen and oxygen atoms in total. The van der Waals surface area contributed by atoms with Gasteiger partial charge in [-0.05, 0) is 18.1 Å². The molecule has 4 heteroatoms. The van der Waals surface area contributed by atoms with E-state index in [9.17, 15) is 4.79 Å². The van der Waals surface area contributed by atoms with Gasteiger partial charge in [-0.15, -0.1) is 0 Å². The zero-order valence-corrected chi connectivity index (χ0v) is 9.91. The maximum Gasteiger partial charge on any atom is 0.224 e. The fourth-order valence-electron chi connectivity index (χ4n) is 1.38. The van der Waals surface area contributed by atoms with Gasteiger partial charge < -0.3 is 15.8 Å². The minimum Gasteiger partial charge on any atom is -0.494 e. The van der Waals surface area contributed by atoms with Crippen molar-refractivity contribution in [1.29, 1.82) is 0 Å². The summed E-state index contributed by atoms with van der Waals surface area (Å²) in [5.74, 6) is 0.898. The van der Waals surface area contributed by atoms with E-state index in [4.69, 9.17) is 10.5 Å². The molecule has 0 aliphatic heterocycles. The van der Waals surface area contributed by atoms with Crippen molar-refractivity contribution in [2.45, 2.75) is 20.3 Å². The lowest BCUT2D eigenvalue weighted by Crippen LogP contribution is -2.14. The lowest BCUT2D eigenvalue weighted by atomic mass is 10.1. The SMILES string of the molecule is COc1cc(N)ccc1NC(=O)CC(C)C. The number of nitrogen functional groups attached to an aromatic ring is 1. The molecule has 3 N–H and O–H groups in total. The minimum atomic E-state index is -0.0157. The Hall–Kier alpha value is -1.71. The summed E-state index contributed by atoms with van der Waals surface area (Å²) >= 11 is 0. The first-order valence-electron chi connectivity index (χ1n) is 5.26. The molecule has 0 aliphatic rings. The topological polar surface area (TPSA) is 64.3 Å². The molecule has 0 saturated carbocycles. The molecule has 0 fully saturated rings. The predicted octanol–water partition coefficient (Wildman–Crippen LogP) is 2.26. The van der Waals surface area contributed by atoms with Crippen molar-refractivity contribution >= 4 is 17.3 Å². The Morgan fingerprint density at radius 1 is 1.50 bits per heavy atom. The Bertz CT molecular complexity index is 375. The average molecular weight is 222 g/mol. The van der Waals surface area contributed by atoms with Crippen LogP contribution in [0.1, 0.15) is 20.3 Å². The van der Waals surface area contributed by atoms with Gasteiger partial charge >= 0.3 is 0 Å². The number of nitrogens with two attached hydrogens (primary N) is 1. The van der Waals surface area contributed by atoms with E-state index >= 15 is 0 Å². The lowest BCUT2D eigenvalue weighted by Gasteiger charge is -2.11. The molecular formula is C12H18N2O2. The Kier molecular flexibility index (Phi) is 4.17.